The van der Waals surface area contributed by atoms with Gasteiger partial charge in [-0.2, -0.15) is 0 Å². The third-order valence-corrected chi connectivity index (χ3v) is 2.24. The summed E-state index contributed by atoms with van der Waals surface area (Å²) in [4.78, 5) is 11.4. The van der Waals surface area contributed by atoms with Crippen LogP contribution in [0.1, 0.15) is 0 Å². The van der Waals surface area contributed by atoms with Crippen molar-refractivity contribution in [1.82, 2.24) is 0 Å². The van der Waals surface area contributed by atoms with Crippen LogP contribution in [0.4, 0.5) is 0 Å². The van der Waals surface area contributed by atoms with Gasteiger partial charge in [0, 0.05) is 0 Å². The van der Waals surface area contributed by atoms with Gasteiger partial charge in [0.1, 0.15) is 0 Å². The summed E-state index contributed by atoms with van der Waals surface area (Å²) in [5, 5.41) is 0.619. The van der Waals surface area contributed by atoms with Gasteiger partial charge in [-0.05, 0) is 0 Å². The maximum absolute atomic E-state index is 11.4. The molecule has 0 bridgehead atoms. The molecule has 3 heteroatoms. The Bertz CT molecular complexity index is 473. The van der Waals surface area contributed by atoms with Crippen LogP contribution >= 0.6 is 0 Å². The molecule has 0 spiro atoms. The van der Waals surface area contributed by atoms with Gasteiger partial charge in [0.05, 0.1) is 0 Å². The molecule has 1 heterocycles. The van der Waals surface area contributed by atoms with Crippen molar-refractivity contribution in [1.29, 1.82) is 0 Å². The third-order valence-electron chi connectivity index (χ3n) is 1.65. The molecule has 1 aromatic carbocycles. The predicted molar refractivity (Wildman–Crippen MR) is 47.9 cm³/mol. The molecule has 1 aromatic heterocycles. The van der Waals surface area contributed by atoms with E-state index in [2.05, 4.69) is 16.0 Å². The molecule has 0 atom stereocenters. The first-order chi connectivity index (χ1) is 5.79. The van der Waals surface area contributed by atoms with E-state index in [1.165, 1.54) is 6.26 Å². The molecule has 0 fully saturated rings. The SMILES string of the molecule is O=c1c([Se])coc2ccccc12. The van der Waals surface area contributed by atoms with Gasteiger partial charge >= 0.3 is 76.6 Å². The minimum atomic E-state index is -0.00292. The summed E-state index contributed by atoms with van der Waals surface area (Å²) in [6.07, 6.45) is 1.44. The van der Waals surface area contributed by atoms with Crippen molar-refractivity contribution < 1.29 is 4.42 Å². The first kappa shape index (κ1) is 7.59. The number of benzene rings is 1. The maximum atomic E-state index is 11.4. The molecule has 2 rings (SSSR count). The van der Waals surface area contributed by atoms with E-state index in [1.54, 1.807) is 12.1 Å². The first-order valence-electron chi connectivity index (χ1n) is 3.46. The van der Waals surface area contributed by atoms with Crippen LogP contribution < -0.4 is 9.89 Å². The van der Waals surface area contributed by atoms with Gasteiger partial charge in [0.25, 0.3) is 0 Å². The van der Waals surface area contributed by atoms with Crippen molar-refractivity contribution >= 4 is 31.4 Å². The zero-order valence-corrected chi connectivity index (χ0v) is 7.82. The molecule has 59 valence electrons. The summed E-state index contributed by atoms with van der Waals surface area (Å²) >= 11 is 2.66. The number of para-hydroxylation sites is 1. The van der Waals surface area contributed by atoms with Crippen molar-refractivity contribution in [3.05, 3.63) is 40.8 Å². The molecular weight excluding hydrogens is 219 g/mol. The number of rotatable bonds is 0. The second kappa shape index (κ2) is 2.77. The van der Waals surface area contributed by atoms with E-state index >= 15 is 0 Å². The second-order valence-electron chi connectivity index (χ2n) is 2.43. The Labute approximate surface area is 77.0 Å². The number of hydrogen-bond donors (Lipinski definition) is 0. The molecule has 2 aromatic rings. The van der Waals surface area contributed by atoms with E-state index in [-0.39, 0.29) is 5.43 Å². The van der Waals surface area contributed by atoms with Crippen molar-refractivity contribution in [2.45, 2.75) is 0 Å². The predicted octanol–water partition coefficient (Wildman–Crippen LogP) is 0.587. The van der Waals surface area contributed by atoms with E-state index in [0.29, 0.717) is 15.4 Å². The van der Waals surface area contributed by atoms with Gasteiger partial charge in [-0.25, -0.2) is 0 Å². The Balaban J connectivity index is 3.01. The van der Waals surface area contributed by atoms with Crippen molar-refractivity contribution in [3.63, 3.8) is 0 Å². The van der Waals surface area contributed by atoms with Crippen LogP contribution in [-0.4, -0.2) is 16.0 Å². The third kappa shape index (κ3) is 1.07. The normalized spacial score (nSPS) is 10.3. The van der Waals surface area contributed by atoms with E-state index in [4.69, 9.17) is 4.42 Å². The Hall–Kier alpha value is -1.05. The molecule has 12 heavy (non-hydrogen) atoms. The zero-order valence-electron chi connectivity index (χ0n) is 6.11. The van der Waals surface area contributed by atoms with Crippen LogP contribution in [0.15, 0.2) is 39.7 Å². The number of fused-ring (bicyclic) bond motifs is 1. The fourth-order valence-electron chi connectivity index (χ4n) is 1.06. The van der Waals surface area contributed by atoms with Crippen LogP contribution in [0.3, 0.4) is 0 Å². The molecular formula is C9H5O2Se. The van der Waals surface area contributed by atoms with Gasteiger partial charge in [0.2, 0.25) is 0 Å². The summed E-state index contributed by atoms with van der Waals surface area (Å²) in [6.45, 7) is 0. The summed E-state index contributed by atoms with van der Waals surface area (Å²) in [5.74, 6) is 0. The summed E-state index contributed by atoms with van der Waals surface area (Å²) in [6, 6.07) is 7.18. The van der Waals surface area contributed by atoms with Crippen LogP contribution in [0.25, 0.3) is 11.0 Å². The molecule has 0 saturated carbocycles. The van der Waals surface area contributed by atoms with Crippen molar-refractivity contribution in [2.75, 3.05) is 0 Å². The first-order valence-corrected chi connectivity index (χ1v) is 4.32. The average Bonchev–Trinajstić information content (AvgIpc) is 2.12. The second-order valence-corrected chi connectivity index (χ2v) is 3.35. The summed E-state index contributed by atoms with van der Waals surface area (Å²) in [5.41, 5.74) is 0.623. The Morgan fingerprint density at radius 3 is 2.83 bits per heavy atom. The van der Waals surface area contributed by atoms with Gasteiger partial charge in [-0.1, -0.05) is 0 Å². The van der Waals surface area contributed by atoms with Gasteiger partial charge in [0.15, 0.2) is 0 Å². The minimum absolute atomic E-state index is 0.00292. The van der Waals surface area contributed by atoms with Crippen LogP contribution in [0, 0.1) is 0 Å². The molecule has 0 saturated heterocycles. The Kier molecular flexibility index (Phi) is 1.75. The van der Waals surface area contributed by atoms with Gasteiger partial charge < -0.3 is 0 Å². The molecule has 2 nitrogen and oxygen atoms in total. The monoisotopic (exact) mass is 225 g/mol. The van der Waals surface area contributed by atoms with E-state index in [1.807, 2.05) is 12.1 Å². The van der Waals surface area contributed by atoms with Crippen LogP contribution in [0.5, 0.6) is 0 Å². The topological polar surface area (TPSA) is 30.2 Å². The van der Waals surface area contributed by atoms with E-state index in [0.717, 1.165) is 0 Å². The molecule has 0 aliphatic rings. The quantitative estimate of drug-likeness (QED) is 0.613. The fraction of sp³-hybridized carbons (Fsp3) is 0. The standard InChI is InChI=1S/C9H5O2Se/c10-9-6-3-1-2-4-7(6)11-5-8(9)12/h1-5H. The Morgan fingerprint density at radius 1 is 1.25 bits per heavy atom. The van der Waals surface area contributed by atoms with Crippen molar-refractivity contribution in [3.8, 4) is 0 Å². The molecule has 0 amide bonds. The molecule has 0 aliphatic carbocycles. The van der Waals surface area contributed by atoms with Crippen LogP contribution in [-0.2, 0) is 0 Å². The summed E-state index contributed by atoms with van der Waals surface area (Å²) in [7, 11) is 0. The zero-order chi connectivity index (χ0) is 8.55. The molecule has 1 radical (unpaired) electrons. The van der Waals surface area contributed by atoms with E-state index in [9.17, 15) is 4.79 Å². The van der Waals surface area contributed by atoms with Gasteiger partial charge in [-0.3, -0.25) is 0 Å². The van der Waals surface area contributed by atoms with E-state index < -0.39 is 0 Å². The van der Waals surface area contributed by atoms with Crippen LogP contribution in [0.2, 0.25) is 0 Å². The molecule has 0 N–H and O–H groups in total. The van der Waals surface area contributed by atoms with Crippen molar-refractivity contribution in [2.24, 2.45) is 0 Å². The molecule has 0 unspecified atom stereocenters. The molecule has 0 aliphatic heterocycles. The fourth-order valence-corrected chi connectivity index (χ4v) is 1.39. The van der Waals surface area contributed by atoms with Gasteiger partial charge in [-0.15, -0.1) is 0 Å². The number of hydrogen-bond acceptors (Lipinski definition) is 2. The average molecular weight is 224 g/mol. The summed E-state index contributed by atoms with van der Waals surface area (Å²) < 4.78 is 5.71. The Morgan fingerprint density at radius 2 is 2.00 bits per heavy atom.